The summed E-state index contributed by atoms with van der Waals surface area (Å²) in [6.45, 7) is 2.17. The number of benzene rings is 2. The zero-order chi connectivity index (χ0) is 14.5. The molecule has 0 amide bonds. The lowest BCUT2D eigenvalue weighted by Gasteiger charge is -2.07. The second-order valence-electron chi connectivity index (χ2n) is 4.83. The first-order valence-corrected chi connectivity index (χ1v) is 7.19. The molecule has 2 aromatic rings. The molecule has 0 radical (unpaired) electrons. The average Bonchev–Trinajstić information content (AvgIpc) is 2.48. The summed E-state index contributed by atoms with van der Waals surface area (Å²) in [5, 5.41) is 0.412. The molecule has 0 saturated heterocycles. The fraction of sp³-hybridized carbons (Fsp3) is 0.235. The number of ketones is 1. The van der Waals surface area contributed by atoms with E-state index >= 15 is 0 Å². The molecular formula is C17H18ClNO. The molecule has 104 valence electrons. The summed E-state index contributed by atoms with van der Waals surface area (Å²) in [4.78, 5) is 12.4. The van der Waals surface area contributed by atoms with E-state index in [-0.39, 0.29) is 5.78 Å². The molecule has 3 heteroatoms. The van der Waals surface area contributed by atoms with Crippen LogP contribution in [0.3, 0.4) is 0 Å². The van der Waals surface area contributed by atoms with Gasteiger partial charge in [-0.2, -0.15) is 0 Å². The average molecular weight is 288 g/mol. The van der Waals surface area contributed by atoms with Crippen molar-refractivity contribution in [1.82, 2.24) is 0 Å². The van der Waals surface area contributed by atoms with Crippen molar-refractivity contribution >= 4 is 23.1 Å². The van der Waals surface area contributed by atoms with Crippen molar-refractivity contribution in [3.8, 4) is 0 Å². The van der Waals surface area contributed by atoms with Gasteiger partial charge < -0.3 is 5.73 Å². The lowest BCUT2D eigenvalue weighted by Crippen LogP contribution is -2.05. The molecule has 0 aliphatic rings. The number of carbonyl (C=O) groups excluding carboxylic acids is 1. The van der Waals surface area contributed by atoms with Crippen LogP contribution in [0.15, 0.2) is 42.5 Å². The standard InChI is InChI=1S/C17H18ClNO/c1-2-3-5-12-8-10-13(11-9-12)17(20)14-6-4-7-15(18)16(14)19/h4,6-11H,2-3,5,19H2,1H3. The van der Waals surface area contributed by atoms with Crippen LogP contribution in [-0.2, 0) is 6.42 Å². The second kappa shape index (κ2) is 6.58. The van der Waals surface area contributed by atoms with Crippen molar-refractivity contribution in [2.75, 3.05) is 5.73 Å². The van der Waals surface area contributed by atoms with Gasteiger partial charge in [0.25, 0.3) is 0 Å². The van der Waals surface area contributed by atoms with E-state index in [4.69, 9.17) is 17.3 Å². The van der Waals surface area contributed by atoms with E-state index < -0.39 is 0 Å². The molecular weight excluding hydrogens is 270 g/mol. The Kier molecular flexibility index (Phi) is 4.80. The molecule has 0 aliphatic heterocycles. The number of rotatable bonds is 5. The molecule has 0 aromatic heterocycles. The highest BCUT2D eigenvalue weighted by atomic mass is 35.5. The number of para-hydroxylation sites is 1. The van der Waals surface area contributed by atoms with E-state index in [0.29, 0.717) is 21.8 Å². The predicted octanol–water partition coefficient (Wildman–Crippen LogP) is 4.50. The van der Waals surface area contributed by atoms with Crippen molar-refractivity contribution in [3.05, 3.63) is 64.2 Å². The first kappa shape index (κ1) is 14.6. The van der Waals surface area contributed by atoms with Gasteiger partial charge in [-0.25, -0.2) is 0 Å². The van der Waals surface area contributed by atoms with Gasteiger partial charge in [0.2, 0.25) is 0 Å². The van der Waals surface area contributed by atoms with Crippen LogP contribution in [0.4, 0.5) is 5.69 Å². The van der Waals surface area contributed by atoms with Crippen molar-refractivity contribution in [2.45, 2.75) is 26.2 Å². The molecule has 0 unspecified atom stereocenters. The van der Waals surface area contributed by atoms with Gasteiger partial charge in [0.1, 0.15) is 0 Å². The van der Waals surface area contributed by atoms with Crippen LogP contribution < -0.4 is 5.73 Å². The van der Waals surface area contributed by atoms with E-state index in [9.17, 15) is 4.79 Å². The molecule has 2 rings (SSSR count). The topological polar surface area (TPSA) is 43.1 Å². The molecule has 0 spiro atoms. The third kappa shape index (κ3) is 3.20. The largest absolute Gasteiger partial charge is 0.397 e. The van der Waals surface area contributed by atoms with Crippen molar-refractivity contribution < 1.29 is 4.79 Å². The maximum absolute atomic E-state index is 12.4. The number of carbonyl (C=O) groups is 1. The number of anilines is 1. The molecule has 0 saturated carbocycles. The van der Waals surface area contributed by atoms with Crippen molar-refractivity contribution in [3.63, 3.8) is 0 Å². The lowest BCUT2D eigenvalue weighted by atomic mass is 9.99. The number of aryl methyl sites for hydroxylation is 1. The number of halogens is 1. The minimum absolute atomic E-state index is 0.0907. The van der Waals surface area contributed by atoms with E-state index in [1.165, 1.54) is 12.0 Å². The number of nitrogens with two attached hydrogens (primary N) is 1. The Labute approximate surface area is 124 Å². The van der Waals surface area contributed by atoms with E-state index in [1.54, 1.807) is 18.2 Å². The Balaban J connectivity index is 2.23. The van der Waals surface area contributed by atoms with Crippen LogP contribution in [0.1, 0.15) is 41.3 Å². The van der Waals surface area contributed by atoms with E-state index in [1.807, 2.05) is 24.3 Å². The summed E-state index contributed by atoms with van der Waals surface area (Å²) in [5.41, 5.74) is 8.55. The van der Waals surface area contributed by atoms with Gasteiger partial charge in [0, 0.05) is 11.1 Å². The number of unbranched alkanes of at least 4 members (excludes halogenated alkanes) is 1. The van der Waals surface area contributed by atoms with Gasteiger partial charge in [0.05, 0.1) is 10.7 Å². The fourth-order valence-electron chi connectivity index (χ4n) is 2.09. The first-order chi connectivity index (χ1) is 9.63. The van der Waals surface area contributed by atoms with Crippen LogP contribution in [0.2, 0.25) is 5.02 Å². The maximum atomic E-state index is 12.4. The Morgan fingerprint density at radius 2 is 1.85 bits per heavy atom. The van der Waals surface area contributed by atoms with Gasteiger partial charge in [-0.3, -0.25) is 4.79 Å². The van der Waals surface area contributed by atoms with Gasteiger partial charge in [-0.05, 0) is 30.5 Å². The zero-order valence-electron chi connectivity index (χ0n) is 11.5. The first-order valence-electron chi connectivity index (χ1n) is 6.81. The maximum Gasteiger partial charge on any atom is 0.195 e. The van der Waals surface area contributed by atoms with Crippen LogP contribution in [0.5, 0.6) is 0 Å². The molecule has 0 aliphatic carbocycles. The number of hydrogen-bond acceptors (Lipinski definition) is 2. The summed E-state index contributed by atoms with van der Waals surface area (Å²) >= 11 is 5.95. The van der Waals surface area contributed by atoms with Crippen LogP contribution in [0, 0.1) is 0 Å². The SMILES string of the molecule is CCCCc1ccc(C(=O)c2cccc(Cl)c2N)cc1. The van der Waals surface area contributed by atoms with E-state index in [2.05, 4.69) is 6.92 Å². The van der Waals surface area contributed by atoms with Gasteiger partial charge >= 0.3 is 0 Å². The van der Waals surface area contributed by atoms with Gasteiger partial charge in [-0.15, -0.1) is 0 Å². The highest BCUT2D eigenvalue weighted by molar-refractivity contribution is 6.34. The zero-order valence-corrected chi connectivity index (χ0v) is 12.3. The summed E-state index contributed by atoms with van der Waals surface area (Å²) < 4.78 is 0. The van der Waals surface area contributed by atoms with Crippen LogP contribution >= 0.6 is 11.6 Å². The molecule has 20 heavy (non-hydrogen) atoms. The predicted molar refractivity (Wildman–Crippen MR) is 84.4 cm³/mol. The summed E-state index contributed by atoms with van der Waals surface area (Å²) in [5.74, 6) is -0.0907. The molecule has 2 N–H and O–H groups in total. The third-order valence-corrected chi connectivity index (χ3v) is 3.66. The molecule has 2 nitrogen and oxygen atoms in total. The highest BCUT2D eigenvalue weighted by Gasteiger charge is 2.13. The van der Waals surface area contributed by atoms with Crippen molar-refractivity contribution in [2.24, 2.45) is 0 Å². The van der Waals surface area contributed by atoms with Gasteiger partial charge in [-0.1, -0.05) is 55.3 Å². The Hall–Kier alpha value is -1.80. The lowest BCUT2D eigenvalue weighted by molar-refractivity contribution is 0.103. The molecule has 0 fully saturated rings. The minimum Gasteiger partial charge on any atom is -0.397 e. The molecule has 0 atom stereocenters. The van der Waals surface area contributed by atoms with E-state index in [0.717, 1.165) is 12.8 Å². The van der Waals surface area contributed by atoms with Crippen LogP contribution in [-0.4, -0.2) is 5.78 Å². The smallest absolute Gasteiger partial charge is 0.195 e. The molecule has 2 aromatic carbocycles. The summed E-state index contributed by atoms with van der Waals surface area (Å²) in [7, 11) is 0. The minimum atomic E-state index is -0.0907. The second-order valence-corrected chi connectivity index (χ2v) is 5.24. The van der Waals surface area contributed by atoms with Crippen molar-refractivity contribution in [1.29, 1.82) is 0 Å². The third-order valence-electron chi connectivity index (χ3n) is 3.33. The summed E-state index contributed by atoms with van der Waals surface area (Å²) in [6, 6.07) is 12.8. The molecule has 0 bridgehead atoms. The van der Waals surface area contributed by atoms with Gasteiger partial charge in [0.15, 0.2) is 5.78 Å². The Morgan fingerprint density at radius 1 is 1.15 bits per heavy atom. The normalized spacial score (nSPS) is 10.5. The molecule has 0 heterocycles. The fourth-order valence-corrected chi connectivity index (χ4v) is 2.27. The Morgan fingerprint density at radius 3 is 2.50 bits per heavy atom. The monoisotopic (exact) mass is 287 g/mol. The number of nitrogen functional groups attached to an aromatic ring is 1. The Bertz CT molecular complexity index is 605. The highest BCUT2D eigenvalue weighted by Crippen LogP contribution is 2.24. The quantitative estimate of drug-likeness (QED) is 0.650. The van der Waals surface area contributed by atoms with Crippen LogP contribution in [0.25, 0.3) is 0 Å². The number of hydrogen-bond donors (Lipinski definition) is 1. The summed E-state index contributed by atoms with van der Waals surface area (Å²) in [6.07, 6.45) is 3.37.